The monoisotopic (exact) mass is 407 g/mol. The Labute approximate surface area is 171 Å². The van der Waals surface area contributed by atoms with E-state index in [1.807, 2.05) is 20.8 Å². The van der Waals surface area contributed by atoms with Gasteiger partial charge in [-0.25, -0.2) is 9.59 Å². The summed E-state index contributed by atoms with van der Waals surface area (Å²) in [4.78, 5) is 38.5. The number of carbonyl (C=O) groups is 3. The maximum Gasteiger partial charge on any atom is 0.410 e. The Kier molecular flexibility index (Phi) is 4.94. The van der Waals surface area contributed by atoms with Crippen LogP contribution in [-0.4, -0.2) is 53.8 Å². The minimum Gasteiger partial charge on any atom is -0.446 e. The molecule has 5 aliphatic rings. The highest BCUT2D eigenvalue weighted by molar-refractivity contribution is 5.81. The Morgan fingerprint density at radius 2 is 1.76 bits per heavy atom. The van der Waals surface area contributed by atoms with Crippen LogP contribution in [0.3, 0.4) is 0 Å². The first-order chi connectivity index (χ1) is 13.5. The smallest absolute Gasteiger partial charge is 0.410 e. The SMILES string of the molecule is CC(C)(C)OC(=O)N[C@H]1CCN(C(=O)OC2C3CC4C[C@H]2C[C@@](C(N)=O)(C4)C3)C1. The Balaban J connectivity index is 1.31. The zero-order valence-corrected chi connectivity index (χ0v) is 17.6. The van der Waals surface area contributed by atoms with Crippen LogP contribution < -0.4 is 11.1 Å². The van der Waals surface area contributed by atoms with E-state index < -0.39 is 11.7 Å². The van der Waals surface area contributed by atoms with Gasteiger partial charge in [0.15, 0.2) is 0 Å². The summed E-state index contributed by atoms with van der Waals surface area (Å²) in [6, 6.07) is -0.131. The molecule has 0 aromatic rings. The number of carbonyl (C=O) groups excluding carboxylic acids is 3. The van der Waals surface area contributed by atoms with Gasteiger partial charge < -0.3 is 25.4 Å². The molecule has 8 nitrogen and oxygen atoms in total. The van der Waals surface area contributed by atoms with Crippen molar-refractivity contribution in [2.75, 3.05) is 13.1 Å². The van der Waals surface area contributed by atoms with Crippen molar-refractivity contribution in [1.82, 2.24) is 10.2 Å². The molecule has 0 aromatic heterocycles. The van der Waals surface area contributed by atoms with Crippen LogP contribution in [0.4, 0.5) is 9.59 Å². The number of hydrogen-bond acceptors (Lipinski definition) is 5. The Hall–Kier alpha value is -1.99. The molecule has 3 unspecified atom stereocenters. The largest absolute Gasteiger partial charge is 0.446 e. The quantitative estimate of drug-likeness (QED) is 0.746. The van der Waals surface area contributed by atoms with Crippen molar-refractivity contribution in [3.05, 3.63) is 0 Å². The van der Waals surface area contributed by atoms with Crippen molar-refractivity contribution in [2.45, 2.75) is 77.0 Å². The fourth-order valence-corrected chi connectivity index (χ4v) is 6.18. The third kappa shape index (κ3) is 4.03. The highest BCUT2D eigenvalue weighted by atomic mass is 16.6. The molecule has 6 atom stereocenters. The van der Waals surface area contributed by atoms with Crippen molar-refractivity contribution < 1.29 is 23.9 Å². The molecule has 1 aliphatic heterocycles. The molecule has 0 radical (unpaired) electrons. The lowest BCUT2D eigenvalue weighted by Gasteiger charge is -2.58. The van der Waals surface area contributed by atoms with Gasteiger partial charge in [-0.3, -0.25) is 4.79 Å². The number of nitrogens with zero attached hydrogens (tertiary/aromatic N) is 1. The summed E-state index contributed by atoms with van der Waals surface area (Å²) in [7, 11) is 0. The second-order valence-electron chi connectivity index (χ2n) is 10.5. The van der Waals surface area contributed by atoms with Crippen LogP contribution in [0.1, 0.15) is 59.3 Å². The third-order valence-electron chi connectivity index (χ3n) is 7.11. The van der Waals surface area contributed by atoms with E-state index in [1.54, 1.807) is 4.90 Å². The standard InChI is InChI=1S/C21H33N3O5/c1-20(2,3)29-18(26)23-15-4-5-24(11-15)19(27)28-16-13-6-12-7-14(16)10-21(8-12,9-13)17(22)25/h12-16H,4-11H2,1-3H3,(H2,22,25)(H,23,26)/t12?,13-,14?,15-,16?,21-/m0/s1. The minimum absolute atomic E-state index is 0.121. The van der Waals surface area contributed by atoms with E-state index in [9.17, 15) is 14.4 Å². The van der Waals surface area contributed by atoms with Gasteiger partial charge in [0.25, 0.3) is 0 Å². The molecule has 1 heterocycles. The summed E-state index contributed by atoms with van der Waals surface area (Å²) >= 11 is 0. The van der Waals surface area contributed by atoms with Crippen LogP contribution >= 0.6 is 0 Å². The number of ether oxygens (including phenoxy) is 2. The fourth-order valence-electron chi connectivity index (χ4n) is 6.18. The van der Waals surface area contributed by atoms with Crippen molar-refractivity contribution in [3.63, 3.8) is 0 Å². The lowest BCUT2D eigenvalue weighted by Crippen LogP contribution is -2.59. The highest BCUT2D eigenvalue weighted by Gasteiger charge is 2.59. The maximum atomic E-state index is 12.8. The minimum atomic E-state index is -0.553. The summed E-state index contributed by atoms with van der Waals surface area (Å²) < 4.78 is 11.2. The van der Waals surface area contributed by atoms with Gasteiger partial charge in [0.05, 0.1) is 11.5 Å². The van der Waals surface area contributed by atoms with E-state index in [1.165, 1.54) is 0 Å². The first-order valence-electron chi connectivity index (χ1n) is 10.8. The molecule has 4 saturated carbocycles. The number of primary amides is 1. The number of amides is 3. The van der Waals surface area contributed by atoms with E-state index in [-0.39, 0.29) is 41.4 Å². The Morgan fingerprint density at radius 3 is 2.34 bits per heavy atom. The molecule has 3 amide bonds. The summed E-state index contributed by atoms with van der Waals surface area (Å²) in [6.45, 7) is 6.43. The van der Waals surface area contributed by atoms with E-state index in [4.69, 9.17) is 15.2 Å². The number of hydrogen-bond donors (Lipinski definition) is 2. The molecule has 1 saturated heterocycles. The topological polar surface area (TPSA) is 111 Å². The zero-order chi connectivity index (χ0) is 21.0. The average molecular weight is 408 g/mol. The van der Waals surface area contributed by atoms with Crippen molar-refractivity contribution >= 4 is 18.1 Å². The second-order valence-corrected chi connectivity index (χ2v) is 10.5. The van der Waals surface area contributed by atoms with Crippen LogP contribution in [0.25, 0.3) is 0 Å². The second kappa shape index (κ2) is 7.06. The van der Waals surface area contributed by atoms with Crippen LogP contribution in [0.15, 0.2) is 0 Å². The van der Waals surface area contributed by atoms with Gasteiger partial charge >= 0.3 is 12.2 Å². The van der Waals surface area contributed by atoms with Crippen LogP contribution in [0, 0.1) is 23.2 Å². The van der Waals surface area contributed by atoms with Crippen molar-refractivity contribution in [3.8, 4) is 0 Å². The molecule has 5 rings (SSSR count). The van der Waals surface area contributed by atoms with Gasteiger partial charge in [-0.05, 0) is 77.0 Å². The first kappa shape index (κ1) is 20.3. The average Bonchev–Trinajstić information content (AvgIpc) is 3.04. The molecular weight excluding hydrogens is 374 g/mol. The molecule has 162 valence electrons. The number of nitrogens with one attached hydrogen (secondary N) is 1. The number of rotatable bonds is 3. The number of likely N-dealkylation sites (tertiary alicyclic amines) is 1. The highest BCUT2D eigenvalue weighted by Crippen LogP contribution is 2.60. The molecule has 0 aromatic carbocycles. The predicted octanol–water partition coefficient (Wildman–Crippen LogP) is 2.40. The lowest BCUT2D eigenvalue weighted by atomic mass is 9.48. The van der Waals surface area contributed by atoms with Crippen molar-refractivity contribution in [2.24, 2.45) is 28.9 Å². The lowest BCUT2D eigenvalue weighted by molar-refractivity contribution is -0.161. The molecule has 5 fully saturated rings. The van der Waals surface area contributed by atoms with E-state index in [0.29, 0.717) is 25.4 Å². The maximum absolute atomic E-state index is 12.8. The van der Waals surface area contributed by atoms with Crippen LogP contribution in [0.5, 0.6) is 0 Å². The van der Waals surface area contributed by atoms with Crippen LogP contribution in [-0.2, 0) is 14.3 Å². The molecule has 29 heavy (non-hydrogen) atoms. The van der Waals surface area contributed by atoms with Gasteiger partial charge in [0.2, 0.25) is 5.91 Å². The summed E-state index contributed by atoms with van der Waals surface area (Å²) in [5.41, 5.74) is 4.80. The zero-order valence-electron chi connectivity index (χ0n) is 17.6. The summed E-state index contributed by atoms with van der Waals surface area (Å²) in [6.07, 6.45) is 4.22. The van der Waals surface area contributed by atoms with E-state index in [0.717, 1.165) is 32.1 Å². The predicted molar refractivity (Wildman–Crippen MR) is 105 cm³/mol. The van der Waals surface area contributed by atoms with Crippen molar-refractivity contribution in [1.29, 1.82) is 0 Å². The Morgan fingerprint density at radius 1 is 1.10 bits per heavy atom. The molecule has 3 N–H and O–H groups in total. The van der Waals surface area contributed by atoms with E-state index in [2.05, 4.69) is 5.32 Å². The normalized spacial score (nSPS) is 38.0. The van der Waals surface area contributed by atoms with Gasteiger partial charge in [-0.2, -0.15) is 0 Å². The third-order valence-corrected chi connectivity index (χ3v) is 7.11. The number of nitrogens with two attached hydrogens (primary N) is 1. The summed E-state index contributed by atoms with van der Waals surface area (Å²) in [5, 5.41) is 2.83. The van der Waals surface area contributed by atoms with Gasteiger partial charge in [0, 0.05) is 13.1 Å². The van der Waals surface area contributed by atoms with Gasteiger partial charge in [0.1, 0.15) is 11.7 Å². The molecular formula is C21H33N3O5. The molecule has 4 bridgehead atoms. The Bertz CT molecular complexity index is 687. The van der Waals surface area contributed by atoms with Gasteiger partial charge in [-0.15, -0.1) is 0 Å². The fraction of sp³-hybridized carbons (Fsp3) is 0.857. The number of alkyl carbamates (subject to hydrolysis) is 1. The van der Waals surface area contributed by atoms with Gasteiger partial charge in [-0.1, -0.05) is 0 Å². The van der Waals surface area contributed by atoms with Crippen LogP contribution in [0.2, 0.25) is 0 Å². The molecule has 0 spiro atoms. The molecule has 4 aliphatic carbocycles. The summed E-state index contributed by atoms with van der Waals surface area (Å²) in [5.74, 6) is 0.813. The first-order valence-corrected chi connectivity index (χ1v) is 10.8. The molecule has 8 heteroatoms. The van der Waals surface area contributed by atoms with E-state index >= 15 is 0 Å².